The summed E-state index contributed by atoms with van der Waals surface area (Å²) in [7, 11) is 1.73. The summed E-state index contributed by atoms with van der Waals surface area (Å²) >= 11 is 0. The Labute approximate surface area is 99.0 Å². The molecule has 1 aromatic rings. The molecule has 0 N–H and O–H groups in total. The number of nitrogens with zero attached hydrogens (tertiary/aromatic N) is 1. The Morgan fingerprint density at radius 3 is 2.19 bits per heavy atom. The zero-order valence-corrected chi connectivity index (χ0v) is 11.5. The molecule has 0 spiro atoms. The van der Waals surface area contributed by atoms with E-state index in [0.29, 0.717) is 5.92 Å². The SMILES string of the molecule is COc1c(C(C)C)cc(C)nc1C(C)(C)C. The molecule has 2 nitrogen and oxygen atoms in total. The van der Waals surface area contributed by atoms with Crippen LogP contribution in [0.3, 0.4) is 0 Å². The molecule has 2 heteroatoms. The van der Waals surface area contributed by atoms with E-state index < -0.39 is 0 Å². The first-order valence-corrected chi connectivity index (χ1v) is 5.83. The second-order valence-electron chi connectivity index (χ2n) is 5.64. The van der Waals surface area contributed by atoms with Gasteiger partial charge in [-0.2, -0.15) is 0 Å². The largest absolute Gasteiger partial charge is 0.495 e. The summed E-state index contributed by atoms with van der Waals surface area (Å²) in [5, 5.41) is 0. The first kappa shape index (κ1) is 13.0. The minimum Gasteiger partial charge on any atom is -0.495 e. The Bertz CT molecular complexity index is 375. The van der Waals surface area contributed by atoms with Gasteiger partial charge in [-0.1, -0.05) is 34.6 Å². The van der Waals surface area contributed by atoms with E-state index >= 15 is 0 Å². The highest BCUT2D eigenvalue weighted by atomic mass is 16.5. The quantitative estimate of drug-likeness (QED) is 0.757. The van der Waals surface area contributed by atoms with Crippen LogP contribution in [0, 0.1) is 6.92 Å². The normalized spacial score (nSPS) is 12.0. The molecule has 16 heavy (non-hydrogen) atoms. The van der Waals surface area contributed by atoms with Crippen molar-refractivity contribution in [1.29, 1.82) is 0 Å². The molecule has 90 valence electrons. The van der Waals surface area contributed by atoms with Crippen molar-refractivity contribution >= 4 is 0 Å². The van der Waals surface area contributed by atoms with Crippen molar-refractivity contribution in [2.45, 2.75) is 52.9 Å². The standard InChI is InChI=1S/C14H23NO/c1-9(2)11-8-10(3)15-13(12(11)16-7)14(4,5)6/h8-9H,1-7H3. The molecule has 0 aromatic carbocycles. The Kier molecular flexibility index (Phi) is 3.61. The molecule has 0 unspecified atom stereocenters. The number of methoxy groups -OCH3 is 1. The van der Waals surface area contributed by atoms with Gasteiger partial charge in [0.25, 0.3) is 0 Å². The molecule has 0 saturated heterocycles. The van der Waals surface area contributed by atoms with E-state index in [2.05, 4.69) is 45.7 Å². The van der Waals surface area contributed by atoms with E-state index in [1.165, 1.54) is 5.56 Å². The molecule has 1 aromatic heterocycles. The molecule has 0 radical (unpaired) electrons. The Morgan fingerprint density at radius 2 is 1.81 bits per heavy atom. The van der Waals surface area contributed by atoms with Crippen LogP contribution in [0.4, 0.5) is 0 Å². The summed E-state index contributed by atoms with van der Waals surface area (Å²) < 4.78 is 5.56. The second-order valence-corrected chi connectivity index (χ2v) is 5.64. The number of pyridine rings is 1. The number of aromatic nitrogens is 1. The summed E-state index contributed by atoms with van der Waals surface area (Å²) in [6.07, 6.45) is 0. The lowest BCUT2D eigenvalue weighted by Gasteiger charge is -2.24. The number of hydrogen-bond acceptors (Lipinski definition) is 2. The van der Waals surface area contributed by atoms with Crippen LogP contribution in [0.1, 0.15) is 57.5 Å². The molecule has 0 bridgehead atoms. The molecular formula is C14H23NO. The van der Waals surface area contributed by atoms with Gasteiger partial charge in [0.05, 0.1) is 12.8 Å². The molecule has 0 aliphatic carbocycles. The van der Waals surface area contributed by atoms with Gasteiger partial charge in [-0.15, -0.1) is 0 Å². The average molecular weight is 221 g/mol. The van der Waals surface area contributed by atoms with Crippen molar-refractivity contribution < 1.29 is 4.74 Å². The third kappa shape index (κ3) is 2.55. The van der Waals surface area contributed by atoms with Crippen LogP contribution in [-0.2, 0) is 5.41 Å². The Hall–Kier alpha value is -1.05. The smallest absolute Gasteiger partial charge is 0.144 e. The molecule has 1 heterocycles. The summed E-state index contributed by atoms with van der Waals surface area (Å²) in [5.74, 6) is 1.41. The molecule has 0 aliphatic heterocycles. The minimum atomic E-state index is 0.0149. The second kappa shape index (κ2) is 4.44. The van der Waals surface area contributed by atoms with E-state index in [4.69, 9.17) is 4.74 Å². The maximum atomic E-state index is 5.56. The van der Waals surface area contributed by atoms with Gasteiger partial charge in [-0.05, 0) is 18.9 Å². The third-order valence-electron chi connectivity index (χ3n) is 2.67. The summed E-state index contributed by atoms with van der Waals surface area (Å²) in [5.41, 5.74) is 3.38. The van der Waals surface area contributed by atoms with Gasteiger partial charge in [-0.25, -0.2) is 0 Å². The number of aryl methyl sites for hydroxylation is 1. The molecule has 0 atom stereocenters. The Morgan fingerprint density at radius 1 is 1.25 bits per heavy atom. The molecule has 1 rings (SSSR count). The zero-order valence-electron chi connectivity index (χ0n) is 11.5. The van der Waals surface area contributed by atoms with Crippen LogP contribution in [-0.4, -0.2) is 12.1 Å². The summed E-state index contributed by atoms with van der Waals surface area (Å²) in [6, 6.07) is 2.12. The minimum absolute atomic E-state index is 0.0149. The van der Waals surface area contributed by atoms with Gasteiger partial charge in [0.2, 0.25) is 0 Å². The fourth-order valence-electron chi connectivity index (χ4n) is 1.84. The first-order valence-electron chi connectivity index (χ1n) is 5.83. The highest BCUT2D eigenvalue weighted by Gasteiger charge is 2.24. The van der Waals surface area contributed by atoms with E-state index in [9.17, 15) is 0 Å². The number of hydrogen-bond donors (Lipinski definition) is 0. The predicted molar refractivity (Wildman–Crippen MR) is 68.3 cm³/mol. The van der Waals surface area contributed by atoms with Crippen LogP contribution in [0.2, 0.25) is 0 Å². The molecule has 0 fully saturated rings. The lowest BCUT2D eigenvalue weighted by molar-refractivity contribution is 0.384. The third-order valence-corrected chi connectivity index (χ3v) is 2.67. The van der Waals surface area contributed by atoms with Gasteiger partial charge < -0.3 is 4.74 Å². The van der Waals surface area contributed by atoms with Crippen molar-refractivity contribution in [3.8, 4) is 5.75 Å². The highest BCUT2D eigenvalue weighted by molar-refractivity contribution is 5.43. The molecule has 0 aliphatic rings. The molecular weight excluding hydrogens is 198 g/mol. The first-order chi connectivity index (χ1) is 7.27. The van der Waals surface area contributed by atoms with Crippen LogP contribution in [0.25, 0.3) is 0 Å². The summed E-state index contributed by atoms with van der Waals surface area (Å²) in [4.78, 5) is 4.63. The number of rotatable bonds is 2. The highest BCUT2D eigenvalue weighted by Crippen LogP contribution is 2.36. The van der Waals surface area contributed by atoms with Gasteiger partial charge >= 0.3 is 0 Å². The van der Waals surface area contributed by atoms with Gasteiger partial charge in [0.1, 0.15) is 5.75 Å². The maximum absolute atomic E-state index is 5.56. The lowest BCUT2D eigenvalue weighted by Crippen LogP contribution is -2.17. The average Bonchev–Trinajstić information content (AvgIpc) is 2.14. The van der Waals surface area contributed by atoms with E-state index in [1.54, 1.807) is 7.11 Å². The van der Waals surface area contributed by atoms with Crippen molar-refractivity contribution in [3.05, 3.63) is 23.0 Å². The van der Waals surface area contributed by atoms with Crippen LogP contribution < -0.4 is 4.74 Å². The summed E-state index contributed by atoms with van der Waals surface area (Å²) in [6.45, 7) is 12.9. The van der Waals surface area contributed by atoms with Gasteiger partial charge in [0.15, 0.2) is 0 Å². The van der Waals surface area contributed by atoms with Gasteiger partial charge in [-0.3, -0.25) is 4.98 Å². The van der Waals surface area contributed by atoms with Crippen LogP contribution >= 0.6 is 0 Å². The van der Waals surface area contributed by atoms with Crippen molar-refractivity contribution in [1.82, 2.24) is 4.98 Å². The lowest BCUT2D eigenvalue weighted by atomic mass is 9.87. The zero-order chi connectivity index (χ0) is 12.5. The van der Waals surface area contributed by atoms with E-state index in [0.717, 1.165) is 17.1 Å². The predicted octanol–water partition coefficient (Wildman–Crippen LogP) is 3.82. The van der Waals surface area contributed by atoms with Crippen molar-refractivity contribution in [2.75, 3.05) is 7.11 Å². The Balaban J connectivity index is 3.49. The maximum Gasteiger partial charge on any atom is 0.144 e. The van der Waals surface area contributed by atoms with Crippen LogP contribution in [0.15, 0.2) is 6.07 Å². The van der Waals surface area contributed by atoms with Crippen molar-refractivity contribution in [2.24, 2.45) is 0 Å². The number of ether oxygens (including phenoxy) is 1. The molecule has 0 saturated carbocycles. The van der Waals surface area contributed by atoms with E-state index in [1.807, 2.05) is 6.92 Å². The van der Waals surface area contributed by atoms with Gasteiger partial charge in [0, 0.05) is 16.7 Å². The van der Waals surface area contributed by atoms with Crippen molar-refractivity contribution in [3.63, 3.8) is 0 Å². The van der Waals surface area contributed by atoms with E-state index in [-0.39, 0.29) is 5.41 Å². The van der Waals surface area contributed by atoms with Crippen LogP contribution in [0.5, 0.6) is 5.75 Å². The fraction of sp³-hybridized carbons (Fsp3) is 0.643. The monoisotopic (exact) mass is 221 g/mol. The fourth-order valence-corrected chi connectivity index (χ4v) is 1.84. The molecule has 0 amide bonds. The topological polar surface area (TPSA) is 22.1 Å².